The highest BCUT2D eigenvalue weighted by Gasteiger charge is 2.30. The minimum Gasteiger partial charge on any atom is -0.507 e. The Balaban J connectivity index is 2.21. The third-order valence-electron chi connectivity index (χ3n) is 5.72. The van der Waals surface area contributed by atoms with Gasteiger partial charge in [-0.15, -0.1) is 0 Å². The first-order valence-corrected chi connectivity index (χ1v) is 10.6. The zero-order valence-corrected chi connectivity index (χ0v) is 18.8. The van der Waals surface area contributed by atoms with Crippen molar-refractivity contribution in [3.8, 4) is 5.75 Å². The van der Waals surface area contributed by atoms with Crippen molar-refractivity contribution < 1.29 is 15.0 Å². The van der Waals surface area contributed by atoms with E-state index in [-0.39, 0.29) is 28.9 Å². The molecule has 0 unspecified atom stereocenters. The fourth-order valence-electron chi connectivity index (χ4n) is 4.18. The third-order valence-corrected chi connectivity index (χ3v) is 5.72. The lowest BCUT2D eigenvalue weighted by Crippen LogP contribution is -2.37. The van der Waals surface area contributed by atoms with E-state index in [0.29, 0.717) is 25.0 Å². The van der Waals surface area contributed by atoms with Crippen LogP contribution >= 0.6 is 0 Å². The van der Waals surface area contributed by atoms with Crippen LogP contribution in [0.25, 0.3) is 0 Å². The van der Waals surface area contributed by atoms with Gasteiger partial charge >= 0.3 is 0 Å². The minimum absolute atomic E-state index is 0.165. The van der Waals surface area contributed by atoms with Gasteiger partial charge in [-0.25, -0.2) is 0 Å². The summed E-state index contributed by atoms with van der Waals surface area (Å²) in [7, 11) is 0. The van der Waals surface area contributed by atoms with Gasteiger partial charge in [0.1, 0.15) is 5.75 Å². The van der Waals surface area contributed by atoms with E-state index in [1.807, 2.05) is 4.90 Å². The van der Waals surface area contributed by atoms with Crippen molar-refractivity contribution in [3.63, 3.8) is 0 Å². The number of phenols is 1. The number of phenolic OH excluding ortho intramolecular Hbond substituents is 1. The number of amides is 1. The van der Waals surface area contributed by atoms with Crippen molar-refractivity contribution in [1.82, 2.24) is 4.90 Å². The average molecular weight is 390 g/mol. The second kappa shape index (κ2) is 8.44. The van der Waals surface area contributed by atoms with Crippen LogP contribution in [0.1, 0.15) is 90.8 Å². The van der Waals surface area contributed by atoms with Crippen molar-refractivity contribution in [2.24, 2.45) is 0 Å². The lowest BCUT2D eigenvalue weighted by molar-refractivity contribution is -0.132. The van der Waals surface area contributed by atoms with E-state index in [0.717, 1.165) is 36.1 Å². The molecule has 1 heterocycles. The predicted octanol–water partition coefficient (Wildman–Crippen LogP) is 4.68. The fraction of sp³-hybridized carbons (Fsp3) is 0.708. The first-order chi connectivity index (χ1) is 12.8. The summed E-state index contributed by atoms with van der Waals surface area (Å²) in [6, 6.07) is 4.30. The lowest BCUT2D eigenvalue weighted by Gasteiger charge is -2.29. The molecule has 1 saturated heterocycles. The Morgan fingerprint density at radius 2 is 1.68 bits per heavy atom. The number of nitrogens with zero attached hydrogens (tertiary/aromatic N) is 1. The van der Waals surface area contributed by atoms with Crippen LogP contribution in [-0.4, -0.2) is 39.7 Å². The van der Waals surface area contributed by atoms with E-state index < -0.39 is 0 Å². The SMILES string of the molecule is C[C@H](O)C[C@@H]1CCCN1C(=O)CCc1cc(C(C)(C)C)c(O)c(C(C)(C)C)c1. The largest absolute Gasteiger partial charge is 0.507 e. The van der Waals surface area contributed by atoms with Crippen LogP contribution in [0, 0.1) is 0 Å². The van der Waals surface area contributed by atoms with Gasteiger partial charge in [-0.3, -0.25) is 4.79 Å². The van der Waals surface area contributed by atoms with Gasteiger partial charge in [0, 0.05) is 19.0 Å². The van der Waals surface area contributed by atoms with E-state index in [2.05, 4.69) is 53.7 Å². The normalized spacial score (nSPS) is 19.1. The van der Waals surface area contributed by atoms with E-state index in [9.17, 15) is 15.0 Å². The maximum Gasteiger partial charge on any atom is 0.223 e. The Kier molecular flexibility index (Phi) is 6.86. The number of hydrogen-bond acceptors (Lipinski definition) is 3. The summed E-state index contributed by atoms with van der Waals surface area (Å²) < 4.78 is 0. The van der Waals surface area contributed by atoms with Crippen LogP contribution in [0.5, 0.6) is 5.75 Å². The van der Waals surface area contributed by atoms with Gasteiger partial charge in [0.05, 0.1) is 6.10 Å². The number of likely N-dealkylation sites (tertiary alicyclic amines) is 1. The molecular formula is C24H39NO3. The highest BCUT2D eigenvalue weighted by molar-refractivity contribution is 5.77. The molecule has 2 atom stereocenters. The highest BCUT2D eigenvalue weighted by atomic mass is 16.3. The van der Waals surface area contributed by atoms with E-state index in [1.54, 1.807) is 6.92 Å². The number of hydrogen-bond donors (Lipinski definition) is 2. The molecule has 28 heavy (non-hydrogen) atoms. The van der Waals surface area contributed by atoms with Crippen molar-refractivity contribution in [1.29, 1.82) is 0 Å². The monoisotopic (exact) mass is 389 g/mol. The first-order valence-electron chi connectivity index (χ1n) is 10.6. The molecule has 0 bridgehead atoms. The van der Waals surface area contributed by atoms with Crippen molar-refractivity contribution >= 4 is 5.91 Å². The molecule has 4 nitrogen and oxygen atoms in total. The smallest absolute Gasteiger partial charge is 0.223 e. The fourth-order valence-corrected chi connectivity index (χ4v) is 4.18. The number of aromatic hydroxyl groups is 1. The second-order valence-electron chi connectivity index (χ2n) is 10.5. The molecule has 0 saturated carbocycles. The maximum atomic E-state index is 12.8. The molecule has 0 aliphatic carbocycles. The molecule has 1 amide bonds. The summed E-state index contributed by atoms with van der Waals surface area (Å²) in [6.07, 6.45) is 3.42. The van der Waals surface area contributed by atoms with Gasteiger partial charge in [0.2, 0.25) is 5.91 Å². The summed E-state index contributed by atoms with van der Waals surface area (Å²) in [6.45, 7) is 15.2. The average Bonchev–Trinajstić information content (AvgIpc) is 2.98. The Labute approximate surface area is 171 Å². The number of rotatable bonds is 5. The van der Waals surface area contributed by atoms with Gasteiger partial charge in [0.15, 0.2) is 0 Å². The van der Waals surface area contributed by atoms with E-state index in [1.165, 1.54) is 0 Å². The number of benzene rings is 1. The maximum absolute atomic E-state index is 12.8. The molecule has 1 aliphatic rings. The topological polar surface area (TPSA) is 60.8 Å². The van der Waals surface area contributed by atoms with E-state index >= 15 is 0 Å². The van der Waals surface area contributed by atoms with Gasteiger partial charge in [-0.2, -0.15) is 0 Å². The zero-order valence-electron chi connectivity index (χ0n) is 18.8. The lowest BCUT2D eigenvalue weighted by atomic mass is 9.78. The highest BCUT2D eigenvalue weighted by Crippen LogP contribution is 2.40. The van der Waals surface area contributed by atoms with Crippen LogP contribution in [0.2, 0.25) is 0 Å². The molecule has 2 N–H and O–H groups in total. The van der Waals surface area contributed by atoms with Crippen LogP contribution in [0.4, 0.5) is 0 Å². The van der Waals surface area contributed by atoms with Crippen LogP contribution in [0.15, 0.2) is 12.1 Å². The molecule has 2 rings (SSSR count). The molecule has 0 aromatic heterocycles. The van der Waals surface area contributed by atoms with Gasteiger partial charge < -0.3 is 15.1 Å². The number of aliphatic hydroxyl groups excluding tert-OH is 1. The van der Waals surface area contributed by atoms with E-state index in [4.69, 9.17) is 0 Å². The Hall–Kier alpha value is -1.55. The molecule has 1 aromatic carbocycles. The predicted molar refractivity (Wildman–Crippen MR) is 115 cm³/mol. The van der Waals surface area contributed by atoms with Gasteiger partial charge in [-0.05, 0) is 60.1 Å². The van der Waals surface area contributed by atoms with Crippen LogP contribution < -0.4 is 0 Å². The van der Waals surface area contributed by atoms with Crippen molar-refractivity contribution in [2.45, 2.75) is 104 Å². The quantitative estimate of drug-likeness (QED) is 0.768. The second-order valence-corrected chi connectivity index (χ2v) is 10.5. The standard InChI is InChI=1S/C24H39NO3/c1-16(26)13-18-9-8-12-25(18)21(27)11-10-17-14-19(23(2,3)4)22(28)20(15-17)24(5,6)7/h14-16,18,26,28H,8-13H2,1-7H3/t16-,18-/m0/s1. The Morgan fingerprint density at radius 3 is 2.14 bits per heavy atom. The van der Waals surface area contributed by atoms with Crippen LogP contribution in [-0.2, 0) is 22.0 Å². The summed E-state index contributed by atoms with van der Waals surface area (Å²) in [4.78, 5) is 14.8. The third kappa shape index (κ3) is 5.50. The summed E-state index contributed by atoms with van der Waals surface area (Å²) in [5.74, 6) is 0.553. The zero-order chi connectivity index (χ0) is 21.3. The molecule has 1 aromatic rings. The molecule has 1 fully saturated rings. The molecule has 0 radical (unpaired) electrons. The van der Waals surface area contributed by atoms with Crippen molar-refractivity contribution in [3.05, 3.63) is 28.8 Å². The Morgan fingerprint density at radius 1 is 1.14 bits per heavy atom. The summed E-state index contributed by atoms with van der Waals surface area (Å²) >= 11 is 0. The number of aliphatic hydroxyl groups is 1. The number of aryl methyl sites for hydroxylation is 1. The summed E-state index contributed by atoms with van der Waals surface area (Å²) in [5, 5.41) is 20.6. The Bertz CT molecular complexity index is 660. The van der Waals surface area contributed by atoms with Crippen LogP contribution in [0.3, 0.4) is 0 Å². The minimum atomic E-state index is -0.376. The van der Waals surface area contributed by atoms with Gasteiger partial charge in [-0.1, -0.05) is 53.7 Å². The molecular weight excluding hydrogens is 350 g/mol. The molecule has 158 valence electrons. The molecule has 1 aliphatic heterocycles. The molecule has 0 spiro atoms. The number of carbonyl (C=O) groups is 1. The van der Waals surface area contributed by atoms with Gasteiger partial charge in [0.25, 0.3) is 0 Å². The molecule has 4 heteroatoms. The number of carbonyl (C=O) groups excluding carboxylic acids is 1. The summed E-state index contributed by atoms with van der Waals surface area (Å²) in [5.41, 5.74) is 2.65. The first kappa shape index (κ1) is 22.7. The van der Waals surface area contributed by atoms with Crippen molar-refractivity contribution in [2.75, 3.05) is 6.54 Å².